The van der Waals surface area contributed by atoms with Crippen LogP contribution < -0.4 is 0 Å². The van der Waals surface area contributed by atoms with Gasteiger partial charge in [0.05, 0.1) is 25.5 Å². The number of rotatable bonds is 2. The van der Waals surface area contributed by atoms with Gasteiger partial charge in [-0.3, -0.25) is 0 Å². The van der Waals surface area contributed by atoms with E-state index >= 15 is 0 Å². The Hall–Kier alpha value is -2.03. The van der Waals surface area contributed by atoms with Gasteiger partial charge in [0.15, 0.2) is 15.5 Å². The van der Waals surface area contributed by atoms with E-state index in [0.717, 1.165) is 0 Å². The molecule has 0 aliphatic rings. The Kier molecular flexibility index (Phi) is 7.76. The van der Waals surface area contributed by atoms with Crippen molar-refractivity contribution in [2.24, 2.45) is 0 Å². The average molecular weight is 394 g/mol. The number of halogens is 3. The average Bonchev–Trinajstić information content (AvgIpc) is 2.58. The first-order valence-corrected chi connectivity index (χ1v) is 7.28. The Morgan fingerprint density at radius 1 is 0.833 bits per heavy atom. The molecule has 0 aliphatic carbocycles. The van der Waals surface area contributed by atoms with Gasteiger partial charge in [0.25, 0.3) is 0 Å². The Morgan fingerprint density at radius 3 is 1.83 bits per heavy atom. The Balaban J connectivity index is 0.000000240. The molecule has 128 valence electrons. The van der Waals surface area contributed by atoms with E-state index in [1.54, 1.807) is 6.92 Å². The lowest BCUT2D eigenvalue weighted by atomic mass is 10.2. The molecule has 11 heteroatoms. The number of carbonyl (C=O) groups is 2. The maximum atomic E-state index is 11.0. The number of esters is 2. The van der Waals surface area contributed by atoms with Crippen LogP contribution in [0, 0.1) is 6.92 Å². The van der Waals surface area contributed by atoms with Gasteiger partial charge in [-0.15, -0.1) is 15.3 Å². The predicted molar refractivity (Wildman–Crippen MR) is 86.5 cm³/mol. The van der Waals surface area contributed by atoms with Gasteiger partial charge in [0.1, 0.15) is 5.56 Å². The third kappa shape index (κ3) is 5.55. The van der Waals surface area contributed by atoms with Gasteiger partial charge >= 0.3 is 11.9 Å². The zero-order valence-electron chi connectivity index (χ0n) is 12.7. The molecule has 24 heavy (non-hydrogen) atoms. The monoisotopic (exact) mass is 392 g/mol. The fourth-order valence-corrected chi connectivity index (χ4v) is 1.82. The van der Waals surface area contributed by atoms with Gasteiger partial charge in [-0.2, -0.15) is 5.10 Å². The largest absolute Gasteiger partial charge is 0.465 e. The fourth-order valence-electron chi connectivity index (χ4n) is 1.35. The van der Waals surface area contributed by atoms with Crippen molar-refractivity contribution in [2.75, 3.05) is 14.2 Å². The van der Waals surface area contributed by atoms with Crippen LogP contribution in [0.1, 0.15) is 26.4 Å². The minimum absolute atomic E-state index is 0.0220. The summed E-state index contributed by atoms with van der Waals surface area (Å²) in [7, 11) is 2.54. The van der Waals surface area contributed by atoms with Crippen LogP contribution in [0.15, 0.2) is 12.1 Å². The molecule has 0 aliphatic heterocycles. The molecule has 0 saturated heterocycles. The minimum Gasteiger partial charge on any atom is -0.465 e. The number of hydrogen-bond donors (Lipinski definition) is 0. The molecule has 0 N–H and O–H groups in total. The van der Waals surface area contributed by atoms with E-state index in [1.807, 2.05) is 0 Å². The standard InChI is InChI=1S/C7H7ClN2O2.C6H4Cl2N2O2/c1-4-5(7(11)12-2)3-6(8)10-9-4;1-12-6(11)3-2-4(7)9-10-5(3)8/h3H,1-2H3;2H,1H3. The lowest BCUT2D eigenvalue weighted by Gasteiger charge is -2.00. The first kappa shape index (κ1) is 20.0. The number of aromatic nitrogens is 4. The van der Waals surface area contributed by atoms with Crippen LogP contribution in [0.3, 0.4) is 0 Å². The smallest absolute Gasteiger partial charge is 0.341 e. The van der Waals surface area contributed by atoms with Gasteiger partial charge in [-0.05, 0) is 19.1 Å². The normalized spacial score (nSPS) is 9.58. The van der Waals surface area contributed by atoms with E-state index < -0.39 is 11.9 Å². The van der Waals surface area contributed by atoms with Crippen LogP contribution in [-0.2, 0) is 9.47 Å². The van der Waals surface area contributed by atoms with Crippen molar-refractivity contribution >= 4 is 46.7 Å². The third-order valence-electron chi connectivity index (χ3n) is 2.48. The molecule has 0 radical (unpaired) electrons. The molecule has 0 bridgehead atoms. The second kappa shape index (κ2) is 9.31. The second-order valence-electron chi connectivity index (χ2n) is 4.02. The van der Waals surface area contributed by atoms with E-state index in [1.165, 1.54) is 26.4 Å². The van der Waals surface area contributed by atoms with Gasteiger partial charge < -0.3 is 9.47 Å². The molecule has 2 aromatic heterocycles. The predicted octanol–water partition coefficient (Wildman–Crippen LogP) is 2.80. The van der Waals surface area contributed by atoms with Crippen LogP contribution in [0.25, 0.3) is 0 Å². The van der Waals surface area contributed by atoms with Crippen LogP contribution >= 0.6 is 34.8 Å². The lowest BCUT2D eigenvalue weighted by molar-refractivity contribution is 0.0590. The zero-order chi connectivity index (χ0) is 18.3. The summed E-state index contributed by atoms with van der Waals surface area (Å²) >= 11 is 16.6. The van der Waals surface area contributed by atoms with Crippen molar-refractivity contribution in [3.05, 3.63) is 44.4 Å². The second-order valence-corrected chi connectivity index (χ2v) is 5.15. The molecule has 0 saturated carbocycles. The number of ether oxygens (including phenoxy) is 2. The molecule has 0 spiro atoms. The SMILES string of the molecule is COC(=O)c1cc(Cl)nnc1C.COC(=O)c1cc(Cl)nnc1Cl. The van der Waals surface area contributed by atoms with Gasteiger partial charge in [0.2, 0.25) is 0 Å². The highest BCUT2D eigenvalue weighted by atomic mass is 35.5. The zero-order valence-corrected chi connectivity index (χ0v) is 15.0. The minimum atomic E-state index is -0.586. The summed E-state index contributed by atoms with van der Waals surface area (Å²) in [5.74, 6) is -1.04. The van der Waals surface area contributed by atoms with Crippen molar-refractivity contribution in [1.29, 1.82) is 0 Å². The molecular formula is C13H11Cl3N4O4. The first-order valence-electron chi connectivity index (χ1n) is 6.15. The summed E-state index contributed by atoms with van der Waals surface area (Å²) in [5, 5.41) is 14.3. The third-order valence-corrected chi connectivity index (χ3v) is 3.13. The molecule has 8 nitrogen and oxygen atoms in total. The highest BCUT2D eigenvalue weighted by molar-refractivity contribution is 6.33. The first-order chi connectivity index (χ1) is 11.3. The summed E-state index contributed by atoms with van der Waals surface area (Å²) in [6.07, 6.45) is 0. The molecule has 0 unspecified atom stereocenters. The molecule has 0 aromatic carbocycles. The number of carbonyl (C=O) groups excluding carboxylic acids is 2. The van der Waals surface area contributed by atoms with Crippen LogP contribution in [0.4, 0.5) is 0 Å². The Bertz CT molecular complexity index is 694. The van der Waals surface area contributed by atoms with Crippen molar-refractivity contribution < 1.29 is 19.1 Å². The summed E-state index contributed by atoms with van der Waals surface area (Å²) in [5.41, 5.74) is 0.961. The van der Waals surface area contributed by atoms with Crippen LogP contribution in [-0.4, -0.2) is 46.6 Å². The summed E-state index contributed by atoms with van der Waals surface area (Å²) in [6, 6.07) is 2.72. The molecule has 0 fully saturated rings. The summed E-state index contributed by atoms with van der Waals surface area (Å²) in [4.78, 5) is 22.0. The fraction of sp³-hybridized carbons (Fsp3) is 0.231. The molecule has 2 aromatic rings. The Morgan fingerprint density at radius 2 is 1.29 bits per heavy atom. The number of hydrogen-bond acceptors (Lipinski definition) is 8. The quantitative estimate of drug-likeness (QED) is 0.717. The highest BCUT2D eigenvalue weighted by Crippen LogP contribution is 2.15. The van der Waals surface area contributed by atoms with Gasteiger partial charge in [-0.1, -0.05) is 34.8 Å². The van der Waals surface area contributed by atoms with Crippen molar-refractivity contribution in [2.45, 2.75) is 6.92 Å². The van der Waals surface area contributed by atoms with E-state index in [2.05, 4.69) is 29.9 Å². The molecule has 0 amide bonds. The van der Waals surface area contributed by atoms with E-state index in [9.17, 15) is 9.59 Å². The van der Waals surface area contributed by atoms with Crippen LogP contribution in [0.2, 0.25) is 15.5 Å². The molecule has 2 heterocycles. The maximum Gasteiger partial charge on any atom is 0.341 e. The van der Waals surface area contributed by atoms with Crippen molar-refractivity contribution in [3.8, 4) is 0 Å². The molecular weight excluding hydrogens is 383 g/mol. The van der Waals surface area contributed by atoms with Crippen LogP contribution in [0.5, 0.6) is 0 Å². The van der Waals surface area contributed by atoms with Gasteiger partial charge in [-0.25, -0.2) is 9.59 Å². The van der Waals surface area contributed by atoms with Gasteiger partial charge in [0, 0.05) is 0 Å². The molecule has 0 atom stereocenters. The summed E-state index contributed by atoms with van der Waals surface area (Å²) in [6.45, 7) is 1.66. The maximum absolute atomic E-state index is 11.0. The summed E-state index contributed by atoms with van der Waals surface area (Å²) < 4.78 is 8.93. The van der Waals surface area contributed by atoms with Crippen molar-refractivity contribution in [1.82, 2.24) is 20.4 Å². The number of nitrogens with zero attached hydrogens (tertiary/aromatic N) is 4. The topological polar surface area (TPSA) is 104 Å². The van der Waals surface area contributed by atoms with E-state index in [4.69, 9.17) is 34.8 Å². The molecule has 2 rings (SSSR count). The number of methoxy groups -OCH3 is 2. The Labute approximate surface area is 152 Å². The highest BCUT2D eigenvalue weighted by Gasteiger charge is 2.13. The van der Waals surface area contributed by atoms with Crippen molar-refractivity contribution in [3.63, 3.8) is 0 Å². The number of aryl methyl sites for hydroxylation is 1. The van der Waals surface area contributed by atoms with E-state index in [0.29, 0.717) is 11.3 Å². The van der Waals surface area contributed by atoms with E-state index in [-0.39, 0.29) is 21.0 Å². The lowest BCUT2D eigenvalue weighted by Crippen LogP contribution is -2.06.